The van der Waals surface area contributed by atoms with Gasteiger partial charge in [0, 0.05) is 0 Å². The molecule has 0 N–H and O–H groups in total. The quantitative estimate of drug-likeness (QED) is 0.0845. The molecule has 24 aromatic rings. The fraction of sp³-hybridized carbons (Fsp3) is 0. The van der Waals surface area contributed by atoms with E-state index in [0.717, 1.165) is 0 Å². The second kappa shape index (κ2) is 33.5. The fourth-order valence-electron chi connectivity index (χ4n) is 22.6. The van der Waals surface area contributed by atoms with Crippen molar-refractivity contribution in [3.63, 3.8) is 0 Å². The molecule has 2 aliphatic heterocycles. The van der Waals surface area contributed by atoms with Crippen molar-refractivity contribution >= 4 is 176 Å². The summed E-state index contributed by atoms with van der Waals surface area (Å²) in [6, 6.07) is 179. The second-order valence-electron chi connectivity index (χ2n) is 35.8. The summed E-state index contributed by atoms with van der Waals surface area (Å²) in [4.78, 5) is 0. The first-order valence-corrected chi connectivity index (χ1v) is 56.4. The molecule has 0 aromatic heterocycles. The van der Waals surface area contributed by atoms with Crippen LogP contribution in [0.5, 0.6) is 0 Å². The van der Waals surface area contributed by atoms with Crippen LogP contribution in [0, 0.1) is 0 Å². The van der Waals surface area contributed by atoms with Crippen molar-refractivity contribution in [1.29, 1.82) is 0 Å². The minimum atomic E-state index is -1.26. The molecular formula is C128H88Ge4. The summed E-state index contributed by atoms with van der Waals surface area (Å²) in [5, 5.41) is 20.3. The average Bonchev–Trinajstić information content (AvgIpc) is 0.913. The van der Waals surface area contributed by atoms with E-state index in [1.54, 1.807) is 17.6 Å². The van der Waals surface area contributed by atoms with Gasteiger partial charge in [-0.1, -0.05) is 97.1 Å². The van der Waals surface area contributed by atoms with Crippen molar-refractivity contribution in [2.45, 2.75) is 0 Å². The van der Waals surface area contributed by atoms with Gasteiger partial charge in [0.25, 0.3) is 0 Å². The van der Waals surface area contributed by atoms with E-state index in [2.05, 4.69) is 473 Å². The summed E-state index contributed by atoms with van der Waals surface area (Å²) >= 11 is -1.31. The number of hydrogen-bond acceptors (Lipinski definition) is 0. The molecule has 0 spiro atoms. The zero-order valence-electron chi connectivity index (χ0n) is 73.4. The van der Waals surface area contributed by atoms with Crippen molar-refractivity contribution in [2.24, 2.45) is 0 Å². The van der Waals surface area contributed by atoms with Crippen molar-refractivity contribution in [3.05, 3.63) is 473 Å². The summed E-state index contributed by atoms with van der Waals surface area (Å²) in [7, 11) is 0. The molecule has 0 nitrogen and oxygen atoms in total. The van der Waals surface area contributed by atoms with Gasteiger partial charge in [-0.05, 0) is 0 Å². The first-order chi connectivity index (χ1) is 65.4. The molecule has 0 saturated carbocycles. The molecule has 0 fully saturated rings. The molecular weight excluding hydrogens is 1830 g/mol. The average molecular weight is 1920 g/mol. The molecule has 2 heterocycles. The van der Waals surface area contributed by atoms with Crippen LogP contribution < -0.4 is 26.4 Å². The SMILES string of the molecule is [GeH3][c]1ccccc1-c1cccc(-c2cccc3c(-c4c5cccc(-c6ccccc6)c5cc5c(-c6ccccc6)cccc45)c4cccc(-c5cccc6[c]5[GeH2][c]5ccccc5-6)c4cc23)c1.[GeH3][c]1ccccc1-c1ccccc1-c1cccc2c(-c3c4cccc(-c5ccccc5)c4cc4c(-c5ccccc5)cccc34)c3cccc(-c4ccc[c]5c4-c4cccc[c]4[GeH2]5)c3cc12. The van der Waals surface area contributed by atoms with Crippen LogP contribution in [-0.2, 0) is 0 Å². The van der Waals surface area contributed by atoms with E-state index in [4.69, 9.17) is 0 Å². The molecule has 26 rings (SSSR count). The molecule has 2 aliphatic rings. The number of benzene rings is 24. The summed E-state index contributed by atoms with van der Waals surface area (Å²) < 4.78 is 9.28. The first kappa shape index (κ1) is 79.7. The van der Waals surface area contributed by atoms with Gasteiger partial charge >= 0.3 is 708 Å². The van der Waals surface area contributed by atoms with Gasteiger partial charge in [0.15, 0.2) is 0 Å². The zero-order chi connectivity index (χ0) is 87.4. The molecule has 0 saturated heterocycles. The third kappa shape index (κ3) is 13.5. The van der Waals surface area contributed by atoms with Crippen LogP contribution in [0.3, 0.4) is 0 Å². The predicted octanol–water partition coefficient (Wildman–Crippen LogP) is 26.8. The standard InChI is InChI=1S/2C64H44Ge2/c65-60-35-9-7-23-47(60)43-22-11-21-42(37-43)46-27-14-31-52-58(46)39-59-48(54-33-16-34-55-49-24-8-10-36-61(49)66-64(54)55)28-15-32-53(59)63(52)62-50-29-12-25-44(40-17-3-1-4-18-40)56(50)38-57-45(26-13-30-51(57)62)41-19-5-2-6-20-41;65-59-35-11-9-24-48(59)45-23-8-7-22-44(45)46-28-15-32-52-57(46)39-58-47(49-34-17-37-61-62(49)54-25-10-12-36-60(54)66-61)29-16-33-53(58)64(52)63-50-30-13-26-42(40-18-3-1-4-19-40)55(50)38-56-43(27-14-31-51(56)63)41-20-5-2-6-21-41/h2*1-39H,66H2,65H3. The maximum atomic E-state index is 2.55. The van der Waals surface area contributed by atoms with Crippen LogP contribution in [0.25, 0.3) is 242 Å². The van der Waals surface area contributed by atoms with Crippen LogP contribution in [0.4, 0.5) is 0 Å². The fourth-order valence-corrected chi connectivity index (χ4v) is 33.8. The van der Waals surface area contributed by atoms with E-state index in [1.165, 1.54) is 251 Å². The monoisotopic (exact) mass is 1920 g/mol. The van der Waals surface area contributed by atoms with E-state index in [1.807, 2.05) is 0 Å². The Labute approximate surface area is 798 Å². The van der Waals surface area contributed by atoms with Gasteiger partial charge in [-0.3, -0.25) is 0 Å². The molecule has 24 aromatic carbocycles. The van der Waals surface area contributed by atoms with E-state index >= 15 is 0 Å². The summed E-state index contributed by atoms with van der Waals surface area (Å²) in [6.45, 7) is 0. The van der Waals surface area contributed by atoms with Gasteiger partial charge in [0.2, 0.25) is 0 Å². The van der Waals surface area contributed by atoms with Gasteiger partial charge in [-0.2, -0.15) is 0 Å². The van der Waals surface area contributed by atoms with Crippen molar-refractivity contribution in [2.75, 3.05) is 0 Å². The normalized spacial score (nSPS) is 12.4. The van der Waals surface area contributed by atoms with Gasteiger partial charge in [0.1, 0.15) is 0 Å². The van der Waals surface area contributed by atoms with Crippen LogP contribution in [0.2, 0.25) is 0 Å². The van der Waals surface area contributed by atoms with Crippen LogP contribution in [0.15, 0.2) is 473 Å². The Morgan fingerprint density at radius 3 is 0.765 bits per heavy atom. The van der Waals surface area contributed by atoms with Gasteiger partial charge in [-0.25, -0.2) is 0 Å². The first-order valence-electron chi connectivity index (χ1n) is 46.3. The molecule has 0 amide bonds. The van der Waals surface area contributed by atoms with E-state index < -0.39 is 30.9 Å². The van der Waals surface area contributed by atoms with Gasteiger partial charge in [-0.15, -0.1) is 0 Å². The molecule has 4 heteroatoms. The van der Waals surface area contributed by atoms with Crippen LogP contribution in [-0.4, -0.2) is 63.9 Å². The van der Waals surface area contributed by atoms with Crippen molar-refractivity contribution < 1.29 is 0 Å². The van der Waals surface area contributed by atoms with Crippen molar-refractivity contribution in [1.82, 2.24) is 0 Å². The van der Waals surface area contributed by atoms with Crippen LogP contribution >= 0.6 is 0 Å². The zero-order valence-corrected chi connectivity index (χ0v) is 87.8. The summed E-state index contributed by atoms with van der Waals surface area (Å²) in [6.07, 6.45) is 0. The Bertz CT molecular complexity index is 8640. The molecule has 616 valence electrons. The van der Waals surface area contributed by atoms with E-state index in [-0.39, 0.29) is 0 Å². The minimum absolute atomic E-state index is 0.527. The summed E-state index contributed by atoms with van der Waals surface area (Å²) in [5.41, 5.74) is 36.4. The van der Waals surface area contributed by atoms with E-state index in [9.17, 15) is 0 Å². The van der Waals surface area contributed by atoms with Crippen LogP contribution in [0.1, 0.15) is 0 Å². The molecule has 132 heavy (non-hydrogen) atoms. The molecule has 0 unspecified atom stereocenters. The third-order valence-electron chi connectivity index (χ3n) is 28.5. The second-order valence-corrected chi connectivity index (χ2v) is 48.1. The number of hydrogen-bond donors (Lipinski definition) is 0. The number of rotatable bonds is 12. The topological polar surface area (TPSA) is 0 Å². The molecule has 0 atom stereocenters. The predicted molar refractivity (Wildman–Crippen MR) is 584 cm³/mol. The maximum absolute atomic E-state index is 2.55. The Hall–Kier alpha value is -14.5. The van der Waals surface area contributed by atoms with Crippen molar-refractivity contribution in [3.8, 4) is 156 Å². The Morgan fingerprint density at radius 1 is 0.121 bits per heavy atom. The Kier molecular flexibility index (Phi) is 20.2. The molecule has 0 aliphatic carbocycles. The Balaban J connectivity index is 0.000000142. The summed E-state index contributed by atoms with van der Waals surface area (Å²) in [5.74, 6) is 0. The Morgan fingerprint density at radius 2 is 0.356 bits per heavy atom. The van der Waals surface area contributed by atoms with Gasteiger partial charge in [0.05, 0.1) is 0 Å². The molecule has 0 radical (unpaired) electrons. The molecule has 0 bridgehead atoms. The van der Waals surface area contributed by atoms with Gasteiger partial charge < -0.3 is 0 Å². The number of fused-ring (bicyclic) bond motifs is 14. The van der Waals surface area contributed by atoms with E-state index in [0.29, 0.717) is 33.0 Å². The third-order valence-corrected chi connectivity index (χ3v) is 40.7.